The third-order valence-corrected chi connectivity index (χ3v) is 4.61. The van der Waals surface area contributed by atoms with Gasteiger partial charge in [-0.1, -0.05) is 22.8 Å². The molecule has 0 saturated carbocycles. The number of halogens is 2. The Balaban J connectivity index is 1.71. The minimum absolute atomic E-state index is 0.205. The first kappa shape index (κ1) is 20.5. The van der Waals surface area contributed by atoms with Crippen LogP contribution in [-0.4, -0.2) is 24.2 Å². The highest BCUT2D eigenvalue weighted by Crippen LogP contribution is 2.28. The van der Waals surface area contributed by atoms with Crippen molar-refractivity contribution in [3.05, 3.63) is 80.5 Å². The molecule has 0 aliphatic carbocycles. The van der Waals surface area contributed by atoms with E-state index in [2.05, 4.69) is 10.5 Å². The van der Waals surface area contributed by atoms with Gasteiger partial charge in [0.05, 0.1) is 22.8 Å². The van der Waals surface area contributed by atoms with E-state index in [4.69, 9.17) is 20.9 Å². The van der Waals surface area contributed by atoms with E-state index in [-0.39, 0.29) is 35.5 Å². The van der Waals surface area contributed by atoms with Crippen molar-refractivity contribution in [1.29, 1.82) is 0 Å². The van der Waals surface area contributed by atoms with Crippen LogP contribution in [0.1, 0.15) is 21.6 Å². The van der Waals surface area contributed by atoms with Gasteiger partial charge in [0, 0.05) is 11.1 Å². The van der Waals surface area contributed by atoms with Crippen molar-refractivity contribution >= 4 is 17.5 Å². The number of nitrogens with zero attached hydrogens (tertiary/aromatic N) is 1. The van der Waals surface area contributed by atoms with E-state index in [1.54, 1.807) is 32.0 Å². The van der Waals surface area contributed by atoms with E-state index < -0.39 is 5.63 Å². The third kappa shape index (κ3) is 4.81. The Morgan fingerprint density at radius 1 is 1.21 bits per heavy atom. The third-order valence-electron chi connectivity index (χ3n) is 4.28. The molecule has 1 aromatic heterocycles. The van der Waals surface area contributed by atoms with Crippen molar-refractivity contribution in [2.45, 2.75) is 13.8 Å². The molecule has 0 spiro atoms. The summed E-state index contributed by atoms with van der Waals surface area (Å²) in [6.45, 7) is 3.78. The molecule has 6 nitrogen and oxygen atoms in total. The fraction of sp³-hybridized carbons (Fsp3) is 0.190. The molecule has 0 unspecified atom stereocenters. The summed E-state index contributed by atoms with van der Waals surface area (Å²) in [7, 11) is 0. The molecule has 0 atom stereocenters. The Morgan fingerprint density at radius 3 is 2.66 bits per heavy atom. The summed E-state index contributed by atoms with van der Waals surface area (Å²) in [5.41, 5.74) is 1.90. The molecule has 0 aliphatic rings. The zero-order valence-electron chi connectivity index (χ0n) is 15.8. The maximum atomic E-state index is 12.9. The first-order valence-corrected chi connectivity index (χ1v) is 9.18. The summed E-state index contributed by atoms with van der Waals surface area (Å²) in [6.07, 6.45) is 0. The molecule has 0 radical (unpaired) electrons. The molecule has 29 heavy (non-hydrogen) atoms. The lowest BCUT2D eigenvalue weighted by Crippen LogP contribution is -2.28. The number of carbonyl (C=O) groups is 1. The SMILES string of the molecule is Cc1noc(=O)c(C)c1-c1ccc(Cl)c(C(=O)NCCOc2ccc(F)cc2)c1. The zero-order valence-corrected chi connectivity index (χ0v) is 16.5. The van der Waals surface area contributed by atoms with Gasteiger partial charge in [0.2, 0.25) is 0 Å². The van der Waals surface area contributed by atoms with Crippen LogP contribution in [0.3, 0.4) is 0 Å². The number of ether oxygens (including phenoxy) is 1. The predicted molar refractivity (Wildman–Crippen MR) is 107 cm³/mol. The Hall–Kier alpha value is -3.19. The van der Waals surface area contributed by atoms with Crippen LogP contribution in [0.2, 0.25) is 5.02 Å². The highest BCUT2D eigenvalue weighted by molar-refractivity contribution is 6.34. The Kier molecular flexibility index (Phi) is 6.29. The van der Waals surface area contributed by atoms with Gasteiger partial charge >= 0.3 is 5.63 Å². The molecule has 2 aromatic carbocycles. The van der Waals surface area contributed by atoms with Gasteiger partial charge in [0.15, 0.2) is 0 Å². The van der Waals surface area contributed by atoms with E-state index in [0.29, 0.717) is 28.1 Å². The largest absolute Gasteiger partial charge is 0.492 e. The standard InChI is InChI=1S/C21H18ClFN2O4/c1-12-19(13(2)25-29-21(12)27)14-3-8-18(22)17(11-14)20(26)24-9-10-28-16-6-4-15(23)5-7-16/h3-8,11H,9-10H2,1-2H3,(H,24,26). The summed E-state index contributed by atoms with van der Waals surface area (Å²) in [6, 6.07) is 10.5. The van der Waals surface area contributed by atoms with Gasteiger partial charge in [0.1, 0.15) is 18.2 Å². The second-order valence-electron chi connectivity index (χ2n) is 6.31. The van der Waals surface area contributed by atoms with Gasteiger partial charge in [-0.05, 0) is 55.8 Å². The molecule has 8 heteroatoms. The molecule has 1 N–H and O–H groups in total. The highest BCUT2D eigenvalue weighted by atomic mass is 35.5. The van der Waals surface area contributed by atoms with Gasteiger partial charge in [-0.25, -0.2) is 9.18 Å². The van der Waals surface area contributed by atoms with E-state index in [1.165, 1.54) is 24.3 Å². The van der Waals surface area contributed by atoms with Crippen molar-refractivity contribution in [2.24, 2.45) is 0 Å². The molecule has 0 saturated heterocycles. The summed E-state index contributed by atoms with van der Waals surface area (Å²) >= 11 is 6.19. The molecule has 0 bridgehead atoms. The van der Waals surface area contributed by atoms with Gasteiger partial charge in [-0.3, -0.25) is 4.79 Å². The molecule has 0 aliphatic heterocycles. The van der Waals surface area contributed by atoms with Crippen LogP contribution < -0.4 is 15.7 Å². The van der Waals surface area contributed by atoms with Crippen molar-refractivity contribution < 1.29 is 18.4 Å². The number of amides is 1. The molecule has 150 valence electrons. The summed E-state index contributed by atoms with van der Waals surface area (Å²) in [5.74, 6) is -0.232. The molecule has 1 heterocycles. The van der Waals surface area contributed by atoms with Crippen LogP contribution in [-0.2, 0) is 0 Å². The average Bonchev–Trinajstić information content (AvgIpc) is 2.70. The lowest BCUT2D eigenvalue weighted by atomic mass is 9.98. The average molecular weight is 417 g/mol. The van der Waals surface area contributed by atoms with Crippen LogP contribution in [0, 0.1) is 19.7 Å². The second-order valence-corrected chi connectivity index (χ2v) is 6.72. The van der Waals surface area contributed by atoms with Crippen LogP contribution in [0.15, 0.2) is 51.8 Å². The maximum absolute atomic E-state index is 12.9. The fourth-order valence-corrected chi connectivity index (χ4v) is 3.04. The second kappa shape index (κ2) is 8.87. The summed E-state index contributed by atoms with van der Waals surface area (Å²) in [5, 5.41) is 6.74. The van der Waals surface area contributed by atoms with Crippen molar-refractivity contribution in [3.63, 3.8) is 0 Å². The van der Waals surface area contributed by atoms with E-state index in [0.717, 1.165) is 0 Å². The molecule has 3 aromatic rings. The first-order chi connectivity index (χ1) is 13.9. The molecule has 3 rings (SSSR count). The van der Waals surface area contributed by atoms with E-state index in [9.17, 15) is 14.0 Å². The highest BCUT2D eigenvalue weighted by Gasteiger charge is 2.16. The number of nitrogens with one attached hydrogen (secondary N) is 1. The lowest BCUT2D eigenvalue weighted by Gasteiger charge is -2.11. The summed E-state index contributed by atoms with van der Waals surface area (Å²) in [4.78, 5) is 24.3. The quantitative estimate of drug-likeness (QED) is 0.616. The number of carbonyl (C=O) groups excluding carboxylic acids is 1. The molecule has 1 amide bonds. The van der Waals surface area contributed by atoms with Gasteiger partial charge in [-0.2, -0.15) is 0 Å². The van der Waals surface area contributed by atoms with Gasteiger partial charge in [-0.15, -0.1) is 0 Å². The van der Waals surface area contributed by atoms with Crippen molar-refractivity contribution in [1.82, 2.24) is 10.5 Å². The number of hydrogen-bond acceptors (Lipinski definition) is 5. The van der Waals surface area contributed by atoms with Crippen LogP contribution in [0.4, 0.5) is 4.39 Å². The Bertz CT molecular complexity index is 1100. The van der Waals surface area contributed by atoms with Gasteiger partial charge < -0.3 is 14.6 Å². The first-order valence-electron chi connectivity index (χ1n) is 8.80. The molecular weight excluding hydrogens is 399 g/mol. The minimum Gasteiger partial charge on any atom is -0.492 e. The van der Waals surface area contributed by atoms with Gasteiger partial charge in [0.25, 0.3) is 5.91 Å². The number of aryl methyl sites for hydroxylation is 1. The molecule has 0 fully saturated rings. The van der Waals surface area contributed by atoms with E-state index in [1.807, 2.05) is 0 Å². The number of hydrogen-bond donors (Lipinski definition) is 1. The predicted octanol–water partition coefficient (Wildman–Crippen LogP) is 3.92. The van der Waals surface area contributed by atoms with E-state index >= 15 is 0 Å². The Morgan fingerprint density at radius 2 is 1.93 bits per heavy atom. The lowest BCUT2D eigenvalue weighted by molar-refractivity contribution is 0.0947. The monoisotopic (exact) mass is 416 g/mol. The normalized spacial score (nSPS) is 10.6. The van der Waals surface area contributed by atoms with Crippen molar-refractivity contribution in [2.75, 3.05) is 13.2 Å². The number of benzene rings is 2. The Labute approximate surface area is 171 Å². The zero-order chi connectivity index (χ0) is 21.0. The fourth-order valence-electron chi connectivity index (χ4n) is 2.84. The summed E-state index contributed by atoms with van der Waals surface area (Å²) < 4.78 is 23.0. The molecular formula is C21H18ClFN2O4. The minimum atomic E-state index is -0.538. The van der Waals surface area contributed by atoms with Crippen LogP contribution >= 0.6 is 11.6 Å². The van der Waals surface area contributed by atoms with Crippen LogP contribution in [0.5, 0.6) is 5.75 Å². The number of aromatic nitrogens is 1. The van der Waals surface area contributed by atoms with Crippen LogP contribution in [0.25, 0.3) is 11.1 Å². The van der Waals surface area contributed by atoms with Crippen molar-refractivity contribution in [3.8, 4) is 16.9 Å². The number of rotatable bonds is 6. The topological polar surface area (TPSA) is 81.4 Å². The smallest absolute Gasteiger partial charge is 0.362 e. The maximum Gasteiger partial charge on any atom is 0.362 e.